The van der Waals surface area contributed by atoms with E-state index in [1.165, 1.54) is 35.8 Å². The third-order valence-electron chi connectivity index (χ3n) is 4.41. The lowest BCUT2D eigenvalue weighted by Gasteiger charge is -2.22. The van der Waals surface area contributed by atoms with E-state index in [9.17, 15) is 8.42 Å². The molecule has 1 N–H and O–H groups in total. The standard InChI is InChI=1S/C17H17N3O2S/c1-20-9-6-17-15(11-20)14-10-13(2-3-16(14)19-17)23(21,22)12-4-7-18-8-5-12/h2-5,7-8,10,19H,6,9,11H2,1H3. The molecule has 118 valence electrons. The average molecular weight is 327 g/mol. The van der Waals surface area contributed by atoms with Gasteiger partial charge in [-0.3, -0.25) is 4.98 Å². The van der Waals surface area contributed by atoms with Crippen LogP contribution in [-0.2, 0) is 22.8 Å². The van der Waals surface area contributed by atoms with Gasteiger partial charge in [-0.2, -0.15) is 0 Å². The second-order valence-corrected chi connectivity index (χ2v) is 7.91. The lowest BCUT2D eigenvalue weighted by Crippen LogP contribution is -2.26. The minimum Gasteiger partial charge on any atom is -0.358 e. The first-order chi connectivity index (χ1) is 11.1. The van der Waals surface area contributed by atoms with Crippen LogP contribution in [0.4, 0.5) is 0 Å². The molecular weight excluding hydrogens is 310 g/mol. The maximum absolute atomic E-state index is 12.8. The Bertz CT molecular complexity index is 978. The summed E-state index contributed by atoms with van der Waals surface area (Å²) in [4.78, 5) is 10.2. The van der Waals surface area contributed by atoms with E-state index in [-0.39, 0.29) is 4.90 Å². The van der Waals surface area contributed by atoms with Crippen LogP contribution in [-0.4, -0.2) is 36.9 Å². The van der Waals surface area contributed by atoms with E-state index in [0.717, 1.165) is 30.4 Å². The van der Waals surface area contributed by atoms with E-state index in [1.807, 2.05) is 6.07 Å². The first-order valence-electron chi connectivity index (χ1n) is 7.53. The molecule has 2 aromatic heterocycles. The van der Waals surface area contributed by atoms with Crippen LogP contribution in [0.1, 0.15) is 11.3 Å². The number of fused-ring (bicyclic) bond motifs is 3. The second-order valence-electron chi connectivity index (χ2n) is 5.96. The number of hydrogen-bond acceptors (Lipinski definition) is 4. The number of likely N-dealkylation sites (N-methyl/N-ethyl adjacent to an activating group) is 1. The van der Waals surface area contributed by atoms with Gasteiger partial charge in [0, 0.05) is 48.5 Å². The topological polar surface area (TPSA) is 66.1 Å². The predicted molar refractivity (Wildman–Crippen MR) is 88.0 cm³/mol. The predicted octanol–water partition coefficient (Wildman–Crippen LogP) is 2.38. The molecule has 0 spiro atoms. The van der Waals surface area contributed by atoms with Crippen LogP contribution in [0.25, 0.3) is 10.9 Å². The molecule has 0 unspecified atom stereocenters. The average Bonchev–Trinajstić information content (AvgIpc) is 2.93. The number of pyridine rings is 1. The van der Waals surface area contributed by atoms with Crippen LogP contribution >= 0.6 is 0 Å². The van der Waals surface area contributed by atoms with E-state index in [0.29, 0.717) is 4.90 Å². The molecule has 0 saturated heterocycles. The molecule has 3 heterocycles. The molecule has 0 fully saturated rings. The smallest absolute Gasteiger partial charge is 0.206 e. The summed E-state index contributed by atoms with van der Waals surface area (Å²) >= 11 is 0. The zero-order valence-electron chi connectivity index (χ0n) is 12.8. The number of sulfone groups is 1. The third kappa shape index (κ3) is 2.34. The zero-order chi connectivity index (χ0) is 16.0. The van der Waals surface area contributed by atoms with Crippen LogP contribution in [0.2, 0.25) is 0 Å². The van der Waals surface area contributed by atoms with Gasteiger partial charge < -0.3 is 9.88 Å². The summed E-state index contributed by atoms with van der Waals surface area (Å²) in [6.07, 6.45) is 3.96. The Kier molecular flexibility index (Phi) is 3.25. The molecule has 0 atom stereocenters. The summed E-state index contributed by atoms with van der Waals surface area (Å²) in [6, 6.07) is 8.38. The molecule has 23 heavy (non-hydrogen) atoms. The highest BCUT2D eigenvalue weighted by Crippen LogP contribution is 2.30. The van der Waals surface area contributed by atoms with Gasteiger partial charge in [-0.25, -0.2) is 8.42 Å². The number of rotatable bonds is 2. The molecule has 1 aliphatic rings. The molecular formula is C17H17N3O2S. The fourth-order valence-electron chi connectivity index (χ4n) is 3.15. The lowest BCUT2D eigenvalue weighted by molar-refractivity contribution is 0.313. The maximum atomic E-state index is 12.8. The number of nitrogens with zero attached hydrogens (tertiary/aromatic N) is 2. The zero-order valence-corrected chi connectivity index (χ0v) is 13.6. The molecule has 0 aliphatic carbocycles. The molecule has 1 aromatic carbocycles. The highest BCUT2D eigenvalue weighted by molar-refractivity contribution is 7.91. The van der Waals surface area contributed by atoms with E-state index in [1.54, 1.807) is 12.1 Å². The Morgan fingerprint density at radius 2 is 1.91 bits per heavy atom. The van der Waals surface area contributed by atoms with E-state index in [2.05, 4.69) is 21.9 Å². The number of benzene rings is 1. The van der Waals surface area contributed by atoms with Crippen LogP contribution < -0.4 is 0 Å². The van der Waals surface area contributed by atoms with Crippen molar-refractivity contribution in [2.45, 2.75) is 22.8 Å². The fourth-order valence-corrected chi connectivity index (χ4v) is 4.42. The fraction of sp³-hybridized carbons (Fsp3) is 0.235. The summed E-state index contributed by atoms with van der Waals surface area (Å²) in [6.45, 7) is 1.86. The minimum absolute atomic E-state index is 0.272. The molecule has 6 heteroatoms. The number of hydrogen-bond donors (Lipinski definition) is 1. The van der Waals surface area contributed by atoms with Gasteiger partial charge in [-0.15, -0.1) is 0 Å². The van der Waals surface area contributed by atoms with E-state index in [4.69, 9.17) is 0 Å². The number of nitrogens with one attached hydrogen (secondary N) is 1. The molecule has 1 aliphatic heterocycles. The Labute approximate surface area is 134 Å². The van der Waals surface area contributed by atoms with Crippen molar-refractivity contribution < 1.29 is 8.42 Å². The van der Waals surface area contributed by atoms with E-state index >= 15 is 0 Å². The van der Waals surface area contributed by atoms with Crippen molar-refractivity contribution in [3.05, 3.63) is 54.0 Å². The highest BCUT2D eigenvalue weighted by atomic mass is 32.2. The van der Waals surface area contributed by atoms with E-state index < -0.39 is 9.84 Å². The van der Waals surface area contributed by atoms with Crippen molar-refractivity contribution in [1.29, 1.82) is 0 Å². The number of H-pyrrole nitrogens is 1. The Balaban J connectivity index is 1.88. The van der Waals surface area contributed by atoms with Gasteiger partial charge in [0.1, 0.15) is 0 Å². The van der Waals surface area contributed by atoms with Crippen LogP contribution in [0.5, 0.6) is 0 Å². The summed E-state index contributed by atoms with van der Waals surface area (Å²) in [5.41, 5.74) is 3.43. The Morgan fingerprint density at radius 1 is 1.13 bits per heavy atom. The van der Waals surface area contributed by atoms with Crippen molar-refractivity contribution in [2.24, 2.45) is 0 Å². The Morgan fingerprint density at radius 3 is 2.70 bits per heavy atom. The van der Waals surface area contributed by atoms with Gasteiger partial charge in [-0.1, -0.05) is 0 Å². The monoisotopic (exact) mass is 327 g/mol. The SMILES string of the molecule is CN1CCc2[nH]c3ccc(S(=O)(=O)c4ccncc4)cc3c2C1. The van der Waals surface area contributed by atoms with Crippen LogP contribution in [0, 0.1) is 0 Å². The first-order valence-corrected chi connectivity index (χ1v) is 9.01. The van der Waals surface area contributed by atoms with Crippen molar-refractivity contribution in [1.82, 2.24) is 14.9 Å². The highest BCUT2D eigenvalue weighted by Gasteiger charge is 2.22. The van der Waals surface area contributed by atoms with Crippen molar-refractivity contribution in [3.8, 4) is 0 Å². The molecule has 0 bridgehead atoms. The maximum Gasteiger partial charge on any atom is 0.206 e. The van der Waals surface area contributed by atoms with Gasteiger partial charge in [0.05, 0.1) is 9.79 Å². The summed E-state index contributed by atoms with van der Waals surface area (Å²) in [5, 5.41) is 1.00. The van der Waals surface area contributed by atoms with Gasteiger partial charge >= 0.3 is 0 Å². The molecule has 4 rings (SSSR count). The van der Waals surface area contributed by atoms with Gasteiger partial charge in [0.2, 0.25) is 9.84 Å². The third-order valence-corrected chi connectivity index (χ3v) is 6.18. The minimum atomic E-state index is -3.52. The van der Waals surface area contributed by atoms with Crippen molar-refractivity contribution in [3.63, 3.8) is 0 Å². The van der Waals surface area contributed by atoms with Gasteiger partial charge in [-0.05, 0) is 42.9 Å². The van der Waals surface area contributed by atoms with Crippen LogP contribution in [0.3, 0.4) is 0 Å². The second kappa shape index (κ2) is 5.18. The molecule has 3 aromatic rings. The summed E-state index contributed by atoms with van der Waals surface area (Å²) in [7, 11) is -1.43. The molecule has 0 amide bonds. The summed E-state index contributed by atoms with van der Waals surface area (Å²) < 4.78 is 25.6. The van der Waals surface area contributed by atoms with Crippen molar-refractivity contribution >= 4 is 20.7 Å². The lowest BCUT2D eigenvalue weighted by atomic mass is 10.1. The van der Waals surface area contributed by atoms with Gasteiger partial charge in [0.25, 0.3) is 0 Å². The van der Waals surface area contributed by atoms with Gasteiger partial charge in [0.15, 0.2) is 0 Å². The van der Waals surface area contributed by atoms with Crippen molar-refractivity contribution in [2.75, 3.05) is 13.6 Å². The normalized spacial score (nSPS) is 15.7. The quantitative estimate of drug-likeness (QED) is 0.785. The van der Waals surface area contributed by atoms with Crippen LogP contribution in [0.15, 0.2) is 52.5 Å². The molecule has 5 nitrogen and oxygen atoms in total. The number of aromatic nitrogens is 2. The molecule has 0 saturated carbocycles. The Hall–Kier alpha value is -2.18. The number of aromatic amines is 1. The molecule has 0 radical (unpaired) electrons. The first kappa shape index (κ1) is 14.4. The largest absolute Gasteiger partial charge is 0.358 e. The summed E-state index contributed by atoms with van der Waals surface area (Å²) in [5.74, 6) is 0.